The molecule has 0 aromatic rings. The molecule has 0 aliphatic heterocycles. The average molecular weight is 259 g/mol. The maximum Gasteiger partial charge on any atom is 0.325 e. The van der Waals surface area contributed by atoms with Crippen LogP contribution in [0.15, 0.2) is 0 Å². The number of likely N-dealkylation sites (N-methyl/N-ethyl adjacent to an activating group) is 1. The molecule has 0 heterocycles. The summed E-state index contributed by atoms with van der Waals surface area (Å²) in [7, 11) is 2.69. The fourth-order valence-corrected chi connectivity index (χ4v) is 1.65. The molecule has 0 radical (unpaired) electrons. The number of ether oxygens (including phenoxy) is 1. The lowest BCUT2D eigenvalue weighted by atomic mass is 9.79. The predicted octanol–water partition coefficient (Wildman–Crippen LogP) is 0.899. The predicted molar refractivity (Wildman–Crippen MR) is 64.9 cm³/mol. The molecule has 6 heteroatoms. The van der Waals surface area contributed by atoms with Crippen LogP contribution in [0.2, 0.25) is 0 Å². The van der Waals surface area contributed by atoms with Gasteiger partial charge in [-0.1, -0.05) is 13.8 Å². The lowest BCUT2D eigenvalue weighted by Crippen LogP contribution is -2.39. The minimum absolute atomic E-state index is 0.108. The van der Waals surface area contributed by atoms with Crippen LogP contribution in [0, 0.1) is 5.41 Å². The average Bonchev–Trinajstić information content (AvgIpc) is 2.34. The SMILES string of the molecule is CCC(CC)(CC(=O)N(C)CC(=O)OC)C(=O)O. The summed E-state index contributed by atoms with van der Waals surface area (Å²) < 4.78 is 4.45. The highest BCUT2D eigenvalue weighted by Crippen LogP contribution is 2.31. The van der Waals surface area contributed by atoms with Crippen molar-refractivity contribution in [3.8, 4) is 0 Å². The maximum absolute atomic E-state index is 11.9. The zero-order chi connectivity index (χ0) is 14.3. The molecule has 0 fully saturated rings. The number of esters is 1. The highest BCUT2D eigenvalue weighted by Gasteiger charge is 2.38. The van der Waals surface area contributed by atoms with E-state index in [1.807, 2.05) is 0 Å². The minimum Gasteiger partial charge on any atom is -0.481 e. The summed E-state index contributed by atoms with van der Waals surface area (Å²) in [5.74, 6) is -1.88. The molecule has 0 rings (SSSR count). The molecule has 0 saturated carbocycles. The van der Waals surface area contributed by atoms with Gasteiger partial charge in [0.2, 0.25) is 5.91 Å². The molecule has 0 saturated heterocycles. The number of rotatable bonds is 7. The van der Waals surface area contributed by atoms with E-state index in [0.29, 0.717) is 12.8 Å². The summed E-state index contributed by atoms with van der Waals surface area (Å²) in [6, 6.07) is 0. The summed E-state index contributed by atoms with van der Waals surface area (Å²) in [5.41, 5.74) is -1.05. The van der Waals surface area contributed by atoms with Crippen LogP contribution in [0.1, 0.15) is 33.1 Å². The molecule has 0 unspecified atom stereocenters. The number of carbonyl (C=O) groups is 3. The van der Waals surface area contributed by atoms with Crippen molar-refractivity contribution < 1.29 is 24.2 Å². The van der Waals surface area contributed by atoms with Crippen LogP contribution >= 0.6 is 0 Å². The van der Waals surface area contributed by atoms with Gasteiger partial charge in [0.15, 0.2) is 0 Å². The maximum atomic E-state index is 11.9. The first-order valence-electron chi connectivity index (χ1n) is 5.87. The Kier molecular flexibility index (Phi) is 6.36. The Morgan fingerprint density at radius 3 is 2.06 bits per heavy atom. The van der Waals surface area contributed by atoms with Crippen molar-refractivity contribution in [2.75, 3.05) is 20.7 Å². The zero-order valence-electron chi connectivity index (χ0n) is 11.4. The van der Waals surface area contributed by atoms with Crippen molar-refractivity contribution in [1.82, 2.24) is 4.90 Å². The number of hydrogen-bond donors (Lipinski definition) is 1. The van der Waals surface area contributed by atoms with E-state index < -0.39 is 17.4 Å². The Bertz CT molecular complexity index is 322. The molecular weight excluding hydrogens is 238 g/mol. The molecule has 1 N–H and O–H groups in total. The van der Waals surface area contributed by atoms with Gasteiger partial charge in [-0.25, -0.2) is 0 Å². The standard InChI is InChI=1S/C12H21NO5/c1-5-12(6-2,11(16)17)7-9(14)13(3)8-10(15)18-4/h5-8H2,1-4H3,(H,16,17). The van der Waals surface area contributed by atoms with Gasteiger partial charge in [0, 0.05) is 13.5 Å². The van der Waals surface area contributed by atoms with Gasteiger partial charge in [-0.15, -0.1) is 0 Å². The molecule has 0 aromatic heterocycles. The number of nitrogens with zero attached hydrogens (tertiary/aromatic N) is 1. The molecular formula is C12H21NO5. The molecule has 6 nitrogen and oxygen atoms in total. The van der Waals surface area contributed by atoms with Crippen LogP contribution in [0.25, 0.3) is 0 Å². The number of methoxy groups -OCH3 is 1. The van der Waals surface area contributed by atoms with Crippen LogP contribution < -0.4 is 0 Å². The Labute approximate surface area is 107 Å². The Morgan fingerprint density at radius 2 is 1.72 bits per heavy atom. The summed E-state index contributed by atoms with van der Waals surface area (Å²) in [4.78, 5) is 35.4. The molecule has 0 aromatic carbocycles. The quantitative estimate of drug-likeness (QED) is 0.687. The normalized spacial score (nSPS) is 10.9. The Balaban J connectivity index is 4.70. The van der Waals surface area contributed by atoms with Crippen LogP contribution in [0.5, 0.6) is 0 Å². The number of carboxylic acid groups (broad SMARTS) is 1. The number of hydrogen-bond acceptors (Lipinski definition) is 4. The molecule has 1 amide bonds. The summed E-state index contributed by atoms with van der Waals surface area (Å²) in [5, 5.41) is 9.22. The molecule has 0 aliphatic rings. The van der Waals surface area contributed by atoms with Crippen molar-refractivity contribution in [3.05, 3.63) is 0 Å². The van der Waals surface area contributed by atoms with Gasteiger partial charge in [0.05, 0.1) is 12.5 Å². The van der Waals surface area contributed by atoms with Crippen molar-refractivity contribution in [2.45, 2.75) is 33.1 Å². The van der Waals surface area contributed by atoms with E-state index in [0.717, 1.165) is 0 Å². The third-order valence-electron chi connectivity index (χ3n) is 3.32. The van der Waals surface area contributed by atoms with Crippen LogP contribution in [0.4, 0.5) is 0 Å². The van der Waals surface area contributed by atoms with Crippen LogP contribution in [-0.4, -0.2) is 48.6 Å². The monoisotopic (exact) mass is 259 g/mol. The molecule has 0 aliphatic carbocycles. The summed E-state index contributed by atoms with van der Waals surface area (Å²) >= 11 is 0. The molecule has 0 bridgehead atoms. The van der Waals surface area contributed by atoms with E-state index in [1.54, 1.807) is 13.8 Å². The second kappa shape index (κ2) is 6.98. The lowest BCUT2D eigenvalue weighted by molar-refractivity contribution is -0.155. The highest BCUT2D eigenvalue weighted by atomic mass is 16.5. The number of amides is 1. The van der Waals surface area contributed by atoms with E-state index in [4.69, 9.17) is 0 Å². The third kappa shape index (κ3) is 4.01. The first-order chi connectivity index (χ1) is 8.32. The minimum atomic E-state index is -1.05. The van der Waals surface area contributed by atoms with Gasteiger partial charge in [0.1, 0.15) is 6.54 Å². The molecule has 104 valence electrons. The molecule has 0 atom stereocenters. The van der Waals surface area contributed by atoms with Gasteiger partial charge in [-0.2, -0.15) is 0 Å². The highest BCUT2D eigenvalue weighted by molar-refractivity contribution is 5.87. The number of carbonyl (C=O) groups excluding carboxylic acids is 2. The largest absolute Gasteiger partial charge is 0.481 e. The Hall–Kier alpha value is -1.59. The van der Waals surface area contributed by atoms with E-state index in [2.05, 4.69) is 4.74 Å². The van der Waals surface area contributed by atoms with Crippen molar-refractivity contribution in [2.24, 2.45) is 5.41 Å². The summed E-state index contributed by atoms with van der Waals surface area (Å²) in [6.07, 6.45) is 0.635. The van der Waals surface area contributed by atoms with E-state index in [9.17, 15) is 19.5 Å². The third-order valence-corrected chi connectivity index (χ3v) is 3.32. The first-order valence-corrected chi connectivity index (χ1v) is 5.87. The summed E-state index contributed by atoms with van der Waals surface area (Å²) in [6.45, 7) is 3.31. The van der Waals surface area contributed by atoms with Crippen molar-refractivity contribution in [3.63, 3.8) is 0 Å². The fraction of sp³-hybridized carbons (Fsp3) is 0.750. The second-order valence-electron chi connectivity index (χ2n) is 4.30. The lowest BCUT2D eigenvalue weighted by Gasteiger charge is -2.28. The molecule has 0 spiro atoms. The first kappa shape index (κ1) is 16.4. The van der Waals surface area contributed by atoms with Crippen LogP contribution in [-0.2, 0) is 19.1 Å². The Morgan fingerprint density at radius 1 is 1.22 bits per heavy atom. The van der Waals surface area contributed by atoms with Crippen LogP contribution in [0.3, 0.4) is 0 Å². The van der Waals surface area contributed by atoms with E-state index in [-0.39, 0.29) is 18.9 Å². The van der Waals surface area contributed by atoms with Gasteiger partial charge in [0.25, 0.3) is 0 Å². The topological polar surface area (TPSA) is 83.9 Å². The number of carboxylic acids is 1. The van der Waals surface area contributed by atoms with Gasteiger partial charge in [-0.3, -0.25) is 14.4 Å². The van der Waals surface area contributed by atoms with E-state index >= 15 is 0 Å². The zero-order valence-corrected chi connectivity index (χ0v) is 11.4. The van der Waals surface area contributed by atoms with Gasteiger partial charge >= 0.3 is 11.9 Å². The molecule has 18 heavy (non-hydrogen) atoms. The van der Waals surface area contributed by atoms with Crippen molar-refractivity contribution >= 4 is 17.8 Å². The number of aliphatic carboxylic acids is 1. The van der Waals surface area contributed by atoms with Gasteiger partial charge in [-0.05, 0) is 12.8 Å². The van der Waals surface area contributed by atoms with Crippen molar-refractivity contribution in [1.29, 1.82) is 0 Å². The smallest absolute Gasteiger partial charge is 0.325 e. The fourth-order valence-electron chi connectivity index (χ4n) is 1.65. The van der Waals surface area contributed by atoms with Gasteiger partial charge < -0.3 is 14.7 Å². The van der Waals surface area contributed by atoms with E-state index in [1.165, 1.54) is 19.1 Å². The second-order valence-corrected chi connectivity index (χ2v) is 4.30.